The summed E-state index contributed by atoms with van der Waals surface area (Å²) in [5.74, 6) is -1.01. The number of amides is 1. The Hall–Kier alpha value is -3.17. The molecule has 1 fully saturated rings. The monoisotopic (exact) mass is 502 g/mol. The minimum Gasteiger partial charge on any atom is -0.352 e. The molecule has 3 aromatic rings. The average Bonchev–Trinajstić information content (AvgIpc) is 2.87. The van der Waals surface area contributed by atoms with E-state index in [9.17, 15) is 26.4 Å². The molecule has 2 atom stereocenters. The van der Waals surface area contributed by atoms with Crippen LogP contribution in [0.5, 0.6) is 0 Å². The van der Waals surface area contributed by atoms with Gasteiger partial charge in [0.2, 0.25) is 15.9 Å². The van der Waals surface area contributed by atoms with Crippen LogP contribution in [-0.4, -0.2) is 25.2 Å². The molecule has 0 spiro atoms. The molecule has 0 radical (unpaired) electrons. The number of nitrogens with one attached hydrogen (secondary N) is 1. The van der Waals surface area contributed by atoms with Crippen LogP contribution in [0.15, 0.2) is 89.8 Å². The first-order chi connectivity index (χ1) is 16.7. The zero-order chi connectivity index (χ0) is 25.1. The average molecular weight is 503 g/mol. The zero-order valence-electron chi connectivity index (χ0n) is 18.8. The van der Waals surface area contributed by atoms with Crippen LogP contribution in [0.25, 0.3) is 0 Å². The largest absolute Gasteiger partial charge is 0.416 e. The SMILES string of the molecule is O=C(NCc1cccc(C(F)(F)F)c1)[C@@H]1CC[C@H](c2ccccc2)N(S(=O)(=O)c2ccccc2)C1. The highest BCUT2D eigenvalue weighted by atomic mass is 32.2. The first-order valence-corrected chi connectivity index (χ1v) is 12.7. The summed E-state index contributed by atoms with van der Waals surface area (Å²) in [6, 6.07) is 21.7. The van der Waals surface area contributed by atoms with Gasteiger partial charge in [-0.25, -0.2) is 8.42 Å². The second-order valence-corrected chi connectivity index (χ2v) is 10.4. The van der Waals surface area contributed by atoms with Gasteiger partial charge in [-0.15, -0.1) is 0 Å². The summed E-state index contributed by atoms with van der Waals surface area (Å²) in [5.41, 5.74) is 0.377. The van der Waals surface area contributed by atoms with Crippen LogP contribution >= 0.6 is 0 Å². The van der Waals surface area contributed by atoms with Gasteiger partial charge < -0.3 is 5.32 Å². The highest BCUT2D eigenvalue weighted by Crippen LogP contribution is 2.37. The lowest BCUT2D eigenvalue weighted by molar-refractivity contribution is -0.137. The van der Waals surface area contributed by atoms with E-state index in [0.717, 1.165) is 17.7 Å². The van der Waals surface area contributed by atoms with Crippen LogP contribution in [0.1, 0.15) is 35.6 Å². The number of sulfonamides is 1. The van der Waals surface area contributed by atoms with E-state index in [1.54, 1.807) is 18.2 Å². The Bertz CT molecular complexity index is 1270. The van der Waals surface area contributed by atoms with Gasteiger partial charge in [0.15, 0.2) is 0 Å². The fourth-order valence-corrected chi connectivity index (χ4v) is 6.06. The molecule has 0 unspecified atom stereocenters. The van der Waals surface area contributed by atoms with Gasteiger partial charge in [0, 0.05) is 13.1 Å². The van der Waals surface area contributed by atoms with E-state index in [1.165, 1.54) is 28.6 Å². The Morgan fingerprint density at radius 1 is 0.914 bits per heavy atom. The number of nitrogens with zero attached hydrogens (tertiary/aromatic N) is 1. The van der Waals surface area contributed by atoms with Gasteiger partial charge in [-0.1, -0.05) is 60.7 Å². The Balaban J connectivity index is 1.53. The number of carbonyl (C=O) groups excluding carboxylic acids is 1. The Kier molecular flexibility index (Phi) is 7.28. The summed E-state index contributed by atoms with van der Waals surface area (Å²) in [5, 5.41) is 2.69. The molecule has 0 aromatic heterocycles. The number of piperidine rings is 1. The predicted molar refractivity (Wildman–Crippen MR) is 126 cm³/mol. The maximum atomic E-state index is 13.5. The van der Waals surface area contributed by atoms with E-state index in [2.05, 4.69) is 5.32 Å². The molecule has 4 rings (SSSR count). The molecule has 9 heteroatoms. The second-order valence-electron chi connectivity index (χ2n) is 8.50. The third kappa shape index (κ3) is 5.74. The van der Waals surface area contributed by atoms with Crippen molar-refractivity contribution in [1.82, 2.24) is 9.62 Å². The third-order valence-corrected chi connectivity index (χ3v) is 8.05. The maximum Gasteiger partial charge on any atom is 0.416 e. The number of carbonyl (C=O) groups is 1. The molecule has 1 aliphatic heterocycles. The smallest absolute Gasteiger partial charge is 0.352 e. The van der Waals surface area contributed by atoms with Crippen LogP contribution in [0, 0.1) is 5.92 Å². The highest BCUT2D eigenvalue weighted by molar-refractivity contribution is 7.89. The number of benzene rings is 3. The third-order valence-electron chi connectivity index (χ3n) is 6.16. The van der Waals surface area contributed by atoms with Crippen molar-refractivity contribution in [2.75, 3.05) is 6.54 Å². The lowest BCUT2D eigenvalue weighted by atomic mass is 9.90. The van der Waals surface area contributed by atoms with Crippen molar-refractivity contribution in [2.45, 2.75) is 36.5 Å². The maximum absolute atomic E-state index is 13.5. The van der Waals surface area contributed by atoms with E-state index in [0.29, 0.717) is 18.4 Å². The summed E-state index contributed by atoms with van der Waals surface area (Å²) < 4.78 is 67.4. The van der Waals surface area contributed by atoms with Gasteiger partial charge in [0.05, 0.1) is 22.4 Å². The molecule has 1 aliphatic rings. The molecule has 1 saturated heterocycles. The molecule has 0 bridgehead atoms. The van der Waals surface area contributed by atoms with Crippen LogP contribution in [0.4, 0.5) is 13.2 Å². The molecule has 1 N–H and O–H groups in total. The summed E-state index contributed by atoms with van der Waals surface area (Å²) in [6.45, 7) is -0.0992. The Labute approximate surface area is 202 Å². The van der Waals surface area contributed by atoms with Crippen molar-refractivity contribution in [3.63, 3.8) is 0 Å². The second kappa shape index (κ2) is 10.2. The lowest BCUT2D eigenvalue weighted by Crippen LogP contribution is -2.46. The molecule has 184 valence electrons. The molecule has 5 nitrogen and oxygen atoms in total. The zero-order valence-corrected chi connectivity index (χ0v) is 19.6. The fourth-order valence-electron chi connectivity index (χ4n) is 4.35. The van der Waals surface area contributed by atoms with Crippen molar-refractivity contribution in [3.05, 3.63) is 102 Å². The molecule has 1 amide bonds. The molecule has 0 saturated carbocycles. The van der Waals surface area contributed by atoms with Gasteiger partial charge in [-0.3, -0.25) is 4.79 Å². The number of alkyl halides is 3. The number of halogens is 3. The number of rotatable bonds is 6. The van der Waals surface area contributed by atoms with E-state index < -0.39 is 33.7 Å². The van der Waals surface area contributed by atoms with Gasteiger partial charge in [-0.2, -0.15) is 17.5 Å². The molecule has 1 heterocycles. The van der Waals surface area contributed by atoms with Crippen LogP contribution < -0.4 is 5.32 Å². The van der Waals surface area contributed by atoms with Crippen LogP contribution in [-0.2, 0) is 27.5 Å². The summed E-state index contributed by atoms with van der Waals surface area (Å²) in [6.07, 6.45) is -3.57. The van der Waals surface area contributed by atoms with Crippen LogP contribution in [0.3, 0.4) is 0 Å². The highest BCUT2D eigenvalue weighted by Gasteiger charge is 2.40. The molecule has 0 aliphatic carbocycles. The summed E-state index contributed by atoms with van der Waals surface area (Å²) >= 11 is 0. The van der Waals surface area contributed by atoms with Gasteiger partial charge in [0.25, 0.3) is 0 Å². The van der Waals surface area contributed by atoms with Crippen molar-refractivity contribution >= 4 is 15.9 Å². The van der Waals surface area contributed by atoms with E-state index >= 15 is 0 Å². The predicted octanol–water partition coefficient (Wildman–Crippen LogP) is 5.16. The summed E-state index contributed by atoms with van der Waals surface area (Å²) in [7, 11) is -3.89. The number of hydrogen-bond acceptors (Lipinski definition) is 3. The standard InChI is InChI=1S/C26H25F3N2O3S/c27-26(28,29)22-11-7-8-19(16-22)17-30-25(32)21-14-15-24(20-9-3-1-4-10-20)31(18-21)35(33,34)23-12-5-2-6-13-23/h1-13,16,21,24H,14-15,17-18H2,(H,30,32)/t21-,24-/m1/s1. The minimum absolute atomic E-state index is 0.0226. The number of hydrogen-bond donors (Lipinski definition) is 1. The van der Waals surface area contributed by atoms with Crippen molar-refractivity contribution in [2.24, 2.45) is 5.92 Å². The Morgan fingerprint density at radius 3 is 2.23 bits per heavy atom. The van der Waals surface area contributed by atoms with Gasteiger partial charge in [0.1, 0.15) is 0 Å². The van der Waals surface area contributed by atoms with Crippen molar-refractivity contribution < 1.29 is 26.4 Å². The quantitative estimate of drug-likeness (QED) is 0.506. The van der Waals surface area contributed by atoms with E-state index in [-0.39, 0.29) is 23.9 Å². The molecule has 3 aromatic carbocycles. The van der Waals surface area contributed by atoms with Crippen molar-refractivity contribution in [1.29, 1.82) is 0 Å². The van der Waals surface area contributed by atoms with Gasteiger partial charge >= 0.3 is 6.18 Å². The Morgan fingerprint density at radius 2 is 1.57 bits per heavy atom. The van der Waals surface area contributed by atoms with Gasteiger partial charge in [-0.05, 0) is 48.2 Å². The summed E-state index contributed by atoms with van der Waals surface area (Å²) in [4.78, 5) is 13.1. The molecular formula is C26H25F3N2O3S. The minimum atomic E-state index is -4.47. The van der Waals surface area contributed by atoms with E-state index in [1.807, 2.05) is 30.3 Å². The van der Waals surface area contributed by atoms with E-state index in [4.69, 9.17) is 0 Å². The first kappa shape index (κ1) is 24.9. The molecule has 35 heavy (non-hydrogen) atoms. The normalized spacial score (nSPS) is 19.3. The van der Waals surface area contributed by atoms with Crippen LogP contribution in [0.2, 0.25) is 0 Å². The topological polar surface area (TPSA) is 66.5 Å². The van der Waals surface area contributed by atoms with Crippen molar-refractivity contribution in [3.8, 4) is 0 Å². The molecular weight excluding hydrogens is 477 g/mol. The fraction of sp³-hybridized carbons (Fsp3) is 0.269. The lowest BCUT2D eigenvalue weighted by Gasteiger charge is -2.38. The first-order valence-electron chi connectivity index (χ1n) is 11.2.